The quantitative estimate of drug-likeness (QED) is 0.724. The molecule has 160 valence electrons. The summed E-state index contributed by atoms with van der Waals surface area (Å²) in [5, 5.41) is 4.76. The lowest BCUT2D eigenvalue weighted by molar-refractivity contribution is 0.0914. The summed E-state index contributed by atoms with van der Waals surface area (Å²) in [6.45, 7) is 13.4. The Morgan fingerprint density at radius 2 is 1.77 bits per heavy atom. The van der Waals surface area contributed by atoms with Crippen LogP contribution in [0, 0.1) is 5.92 Å². The van der Waals surface area contributed by atoms with Crippen LogP contribution in [0.3, 0.4) is 0 Å². The Labute approximate surface area is 181 Å². The van der Waals surface area contributed by atoms with Gasteiger partial charge in [0.1, 0.15) is 0 Å². The summed E-state index contributed by atoms with van der Waals surface area (Å²) in [5.41, 5.74) is 5.52. The second-order valence-electron chi connectivity index (χ2n) is 9.07. The fourth-order valence-corrected chi connectivity index (χ4v) is 4.82. The first-order valence-corrected chi connectivity index (χ1v) is 11.5. The van der Waals surface area contributed by atoms with E-state index in [1.165, 1.54) is 62.8 Å². The lowest BCUT2D eigenvalue weighted by Gasteiger charge is -2.41. The van der Waals surface area contributed by atoms with Crippen molar-refractivity contribution in [2.45, 2.75) is 45.6 Å². The van der Waals surface area contributed by atoms with E-state index in [1.54, 1.807) is 0 Å². The molecule has 4 heteroatoms. The lowest BCUT2D eigenvalue weighted by Crippen LogP contribution is -2.47. The highest BCUT2D eigenvalue weighted by molar-refractivity contribution is 5.84. The first kappa shape index (κ1) is 21.1. The second kappa shape index (κ2) is 9.32. The third kappa shape index (κ3) is 4.76. The minimum absolute atomic E-state index is 0.549. The van der Waals surface area contributed by atoms with Gasteiger partial charge in [-0.2, -0.15) is 0 Å². The average molecular weight is 405 g/mol. The van der Waals surface area contributed by atoms with Crippen molar-refractivity contribution >= 4 is 22.2 Å². The van der Waals surface area contributed by atoms with Crippen LogP contribution in [0.5, 0.6) is 0 Å². The molecule has 0 amide bonds. The predicted molar refractivity (Wildman–Crippen MR) is 129 cm³/mol. The van der Waals surface area contributed by atoms with Gasteiger partial charge in [-0.05, 0) is 96.5 Å². The number of fused-ring (bicyclic) bond motifs is 1. The van der Waals surface area contributed by atoms with Crippen LogP contribution in [0.15, 0.2) is 48.7 Å². The Balaban J connectivity index is 1.36. The average Bonchev–Trinajstić information content (AvgIpc) is 2.78. The summed E-state index contributed by atoms with van der Waals surface area (Å²) in [7, 11) is 2.24. The maximum Gasteiger partial charge on any atom is 0.0730 e. The molecule has 1 aromatic heterocycles. The Bertz CT molecular complexity index is 916. The maximum atomic E-state index is 4.85. The smallest absolute Gasteiger partial charge is 0.0730 e. The van der Waals surface area contributed by atoms with Crippen LogP contribution in [-0.4, -0.2) is 54.1 Å². The molecule has 0 radical (unpaired) electrons. The molecule has 4 nitrogen and oxygen atoms in total. The van der Waals surface area contributed by atoms with Crippen molar-refractivity contribution in [3.8, 4) is 0 Å². The second-order valence-corrected chi connectivity index (χ2v) is 9.07. The Kier molecular flexibility index (Phi) is 6.55. The Hall–Kier alpha value is -2.17. The number of pyridine rings is 1. The minimum Gasteiger partial charge on any atom is -0.359 e. The number of hydrogen-bond acceptors (Lipinski definition) is 4. The summed E-state index contributed by atoms with van der Waals surface area (Å²) in [6.07, 6.45) is 7.15. The largest absolute Gasteiger partial charge is 0.359 e. The normalized spacial score (nSPS) is 20.6. The van der Waals surface area contributed by atoms with E-state index in [1.807, 2.05) is 0 Å². The van der Waals surface area contributed by atoms with E-state index in [9.17, 15) is 0 Å². The minimum atomic E-state index is 0.549. The van der Waals surface area contributed by atoms with Gasteiger partial charge in [0, 0.05) is 28.7 Å². The van der Waals surface area contributed by atoms with Gasteiger partial charge in [-0.1, -0.05) is 24.8 Å². The number of benzene rings is 1. The third-order valence-corrected chi connectivity index (χ3v) is 7.06. The van der Waals surface area contributed by atoms with Crippen LogP contribution < -0.4 is 5.32 Å². The molecule has 0 bridgehead atoms. The fourth-order valence-electron chi connectivity index (χ4n) is 4.82. The van der Waals surface area contributed by atoms with Crippen LogP contribution in [-0.2, 0) is 0 Å². The van der Waals surface area contributed by atoms with Crippen molar-refractivity contribution in [1.29, 1.82) is 0 Å². The van der Waals surface area contributed by atoms with Crippen molar-refractivity contribution in [2.24, 2.45) is 5.92 Å². The molecule has 2 aromatic rings. The molecule has 0 atom stereocenters. The standard InChI is InChI=1S/C26H36N4/c1-5-19(2)25-9-7-22-6-8-23(18-26(22)28-25)27-20(3)21-10-16-30(17-11-21)24-12-14-29(4)15-13-24/h5-9,18,21,24,27H,3,10-17H2,1-2,4H3/b19-5+. The summed E-state index contributed by atoms with van der Waals surface area (Å²) < 4.78 is 0. The zero-order valence-corrected chi connectivity index (χ0v) is 18.8. The van der Waals surface area contributed by atoms with E-state index in [0.29, 0.717) is 5.92 Å². The van der Waals surface area contributed by atoms with E-state index < -0.39 is 0 Å². The molecule has 30 heavy (non-hydrogen) atoms. The van der Waals surface area contributed by atoms with Crippen molar-refractivity contribution in [3.63, 3.8) is 0 Å². The number of rotatable bonds is 5. The van der Waals surface area contributed by atoms with Gasteiger partial charge in [0.05, 0.1) is 11.2 Å². The van der Waals surface area contributed by atoms with Gasteiger partial charge in [0.15, 0.2) is 0 Å². The zero-order valence-electron chi connectivity index (χ0n) is 18.8. The SMILES string of the molecule is C=C(Nc1ccc2ccc(/C(C)=C/C)nc2c1)C1CCN(C2CCN(C)CC2)CC1. The number of hydrogen-bond donors (Lipinski definition) is 1. The van der Waals surface area contributed by atoms with Crippen molar-refractivity contribution in [2.75, 3.05) is 38.5 Å². The topological polar surface area (TPSA) is 31.4 Å². The highest BCUT2D eigenvalue weighted by Gasteiger charge is 2.28. The monoisotopic (exact) mass is 404 g/mol. The van der Waals surface area contributed by atoms with E-state index >= 15 is 0 Å². The Morgan fingerprint density at radius 1 is 1.07 bits per heavy atom. The van der Waals surface area contributed by atoms with Crippen LogP contribution in [0.1, 0.15) is 45.2 Å². The van der Waals surface area contributed by atoms with Gasteiger partial charge in [0.25, 0.3) is 0 Å². The van der Waals surface area contributed by atoms with E-state index in [-0.39, 0.29) is 0 Å². The van der Waals surface area contributed by atoms with E-state index in [0.717, 1.165) is 28.6 Å². The van der Waals surface area contributed by atoms with Gasteiger partial charge in [-0.25, -0.2) is 4.98 Å². The number of anilines is 1. The number of nitrogens with one attached hydrogen (secondary N) is 1. The highest BCUT2D eigenvalue weighted by atomic mass is 15.2. The molecule has 1 aromatic carbocycles. The van der Waals surface area contributed by atoms with Gasteiger partial charge in [-0.3, -0.25) is 0 Å². The van der Waals surface area contributed by atoms with Crippen molar-refractivity contribution in [1.82, 2.24) is 14.8 Å². The molecular formula is C26H36N4. The summed E-state index contributed by atoms with van der Waals surface area (Å²) in [4.78, 5) is 10.0. The van der Waals surface area contributed by atoms with E-state index in [4.69, 9.17) is 4.98 Å². The molecule has 3 heterocycles. The van der Waals surface area contributed by atoms with Crippen LogP contribution in [0.4, 0.5) is 5.69 Å². The molecule has 0 saturated carbocycles. The van der Waals surface area contributed by atoms with Crippen LogP contribution >= 0.6 is 0 Å². The third-order valence-electron chi connectivity index (χ3n) is 7.06. The van der Waals surface area contributed by atoms with Gasteiger partial charge < -0.3 is 15.1 Å². The van der Waals surface area contributed by atoms with E-state index in [2.05, 4.69) is 79.0 Å². The molecule has 1 N–H and O–H groups in total. The van der Waals surface area contributed by atoms with Crippen molar-refractivity contribution < 1.29 is 0 Å². The zero-order chi connectivity index (χ0) is 21.1. The number of aromatic nitrogens is 1. The number of allylic oxidation sites excluding steroid dienone is 3. The predicted octanol–water partition coefficient (Wildman–Crippen LogP) is 5.39. The Morgan fingerprint density at radius 3 is 2.47 bits per heavy atom. The molecular weight excluding hydrogens is 368 g/mol. The highest BCUT2D eigenvalue weighted by Crippen LogP contribution is 2.29. The molecule has 0 unspecified atom stereocenters. The van der Waals surface area contributed by atoms with Crippen LogP contribution in [0.25, 0.3) is 16.5 Å². The molecule has 2 aliphatic rings. The summed E-state index contributed by atoms with van der Waals surface area (Å²) in [5.74, 6) is 0.549. The lowest BCUT2D eigenvalue weighted by atomic mass is 9.91. The van der Waals surface area contributed by atoms with Gasteiger partial charge in [-0.15, -0.1) is 0 Å². The molecule has 2 fully saturated rings. The molecule has 2 aliphatic heterocycles. The maximum absolute atomic E-state index is 4.85. The fraction of sp³-hybridized carbons (Fsp3) is 0.500. The van der Waals surface area contributed by atoms with Gasteiger partial charge >= 0.3 is 0 Å². The number of likely N-dealkylation sites (tertiary alicyclic amines) is 2. The molecule has 0 aliphatic carbocycles. The molecule has 4 rings (SSSR count). The first-order chi connectivity index (χ1) is 14.5. The van der Waals surface area contributed by atoms with Crippen molar-refractivity contribution in [3.05, 3.63) is 54.4 Å². The summed E-state index contributed by atoms with van der Waals surface area (Å²) >= 11 is 0. The summed E-state index contributed by atoms with van der Waals surface area (Å²) in [6, 6.07) is 11.5. The number of nitrogens with zero attached hydrogens (tertiary/aromatic N) is 3. The van der Waals surface area contributed by atoms with Crippen LogP contribution in [0.2, 0.25) is 0 Å². The molecule has 0 spiro atoms. The molecule has 2 saturated heterocycles. The van der Waals surface area contributed by atoms with Gasteiger partial charge in [0.2, 0.25) is 0 Å². The first-order valence-electron chi connectivity index (χ1n) is 11.5. The number of piperidine rings is 2.